The third-order valence-corrected chi connectivity index (χ3v) is 4.94. The van der Waals surface area contributed by atoms with Gasteiger partial charge < -0.3 is 14.2 Å². The number of nitrogens with zero attached hydrogens (tertiary/aromatic N) is 3. The molecule has 6 nitrogen and oxygen atoms in total. The molecule has 1 aliphatic heterocycles. The molecular weight excluding hydrogens is 330 g/mol. The van der Waals surface area contributed by atoms with Gasteiger partial charge in [-0.15, -0.1) is 0 Å². The molecule has 6 heteroatoms. The lowest BCUT2D eigenvalue weighted by atomic mass is 10.1. The summed E-state index contributed by atoms with van der Waals surface area (Å²) in [5.41, 5.74) is 1.29. The Balaban J connectivity index is 1.65. The second-order valence-electron chi connectivity index (χ2n) is 6.93. The fourth-order valence-corrected chi connectivity index (χ4v) is 3.63. The molecule has 2 atom stereocenters. The van der Waals surface area contributed by atoms with Crippen LogP contribution in [0.2, 0.25) is 0 Å². The Kier molecular flexibility index (Phi) is 6.06. The van der Waals surface area contributed by atoms with Crippen molar-refractivity contribution < 1.29 is 14.1 Å². The number of amides is 1. The highest BCUT2D eigenvalue weighted by molar-refractivity contribution is 5.93. The minimum Gasteiger partial charge on any atom is -0.385 e. The van der Waals surface area contributed by atoms with Gasteiger partial charge in [0.1, 0.15) is 0 Å². The fraction of sp³-hybridized carbons (Fsp3) is 0.500. The number of aromatic nitrogens is 1. The van der Waals surface area contributed by atoms with Crippen LogP contribution in [-0.2, 0) is 4.74 Å². The van der Waals surface area contributed by atoms with Crippen LogP contribution in [0.4, 0.5) is 0 Å². The molecule has 0 saturated carbocycles. The van der Waals surface area contributed by atoms with E-state index in [9.17, 15) is 4.79 Å². The number of rotatable bonds is 6. The molecule has 2 aromatic rings. The van der Waals surface area contributed by atoms with Gasteiger partial charge in [-0.05, 0) is 20.3 Å². The molecule has 0 spiro atoms. The van der Waals surface area contributed by atoms with Crippen LogP contribution in [0, 0.1) is 0 Å². The Morgan fingerprint density at radius 2 is 1.92 bits per heavy atom. The first-order chi connectivity index (χ1) is 12.6. The number of carbonyl (C=O) groups is 1. The number of benzene rings is 1. The SMILES string of the molecule is COCCCN1C(C)CN(C(=O)c2cc(-c3ccccc3)on2)CC1C. The van der Waals surface area contributed by atoms with Crippen LogP contribution >= 0.6 is 0 Å². The number of piperazine rings is 1. The minimum absolute atomic E-state index is 0.0637. The maximum absolute atomic E-state index is 12.9. The lowest BCUT2D eigenvalue weighted by Crippen LogP contribution is -2.58. The van der Waals surface area contributed by atoms with Gasteiger partial charge in [-0.25, -0.2) is 0 Å². The van der Waals surface area contributed by atoms with Crippen molar-refractivity contribution >= 4 is 5.91 Å². The van der Waals surface area contributed by atoms with Gasteiger partial charge in [-0.1, -0.05) is 35.5 Å². The van der Waals surface area contributed by atoms with Crippen molar-refractivity contribution in [3.05, 3.63) is 42.1 Å². The summed E-state index contributed by atoms with van der Waals surface area (Å²) < 4.78 is 10.5. The highest BCUT2D eigenvalue weighted by atomic mass is 16.5. The molecule has 26 heavy (non-hydrogen) atoms. The zero-order chi connectivity index (χ0) is 18.5. The predicted molar refractivity (Wildman–Crippen MR) is 100.0 cm³/mol. The number of carbonyl (C=O) groups excluding carboxylic acids is 1. The maximum atomic E-state index is 12.9. The molecule has 1 aromatic carbocycles. The van der Waals surface area contributed by atoms with Gasteiger partial charge >= 0.3 is 0 Å². The van der Waals surface area contributed by atoms with Crippen LogP contribution in [0.25, 0.3) is 11.3 Å². The van der Waals surface area contributed by atoms with Crippen LogP contribution in [0.3, 0.4) is 0 Å². The summed E-state index contributed by atoms with van der Waals surface area (Å²) in [6.07, 6.45) is 1.00. The van der Waals surface area contributed by atoms with Gasteiger partial charge in [0.05, 0.1) is 0 Å². The maximum Gasteiger partial charge on any atom is 0.276 e. The molecule has 140 valence electrons. The van der Waals surface area contributed by atoms with Gasteiger partial charge in [0.25, 0.3) is 5.91 Å². The van der Waals surface area contributed by atoms with Crippen LogP contribution < -0.4 is 0 Å². The smallest absolute Gasteiger partial charge is 0.276 e. The van der Waals surface area contributed by atoms with Crippen LogP contribution in [0.5, 0.6) is 0 Å². The van der Waals surface area contributed by atoms with E-state index >= 15 is 0 Å². The average Bonchev–Trinajstić information content (AvgIpc) is 3.14. The molecule has 0 aliphatic carbocycles. The van der Waals surface area contributed by atoms with Crippen LogP contribution in [0.15, 0.2) is 40.9 Å². The zero-order valence-corrected chi connectivity index (χ0v) is 15.7. The van der Waals surface area contributed by atoms with Crippen molar-refractivity contribution in [3.8, 4) is 11.3 Å². The van der Waals surface area contributed by atoms with Crippen molar-refractivity contribution in [2.45, 2.75) is 32.4 Å². The fourth-order valence-electron chi connectivity index (χ4n) is 3.63. The average molecular weight is 357 g/mol. The molecule has 1 saturated heterocycles. The van der Waals surface area contributed by atoms with E-state index in [-0.39, 0.29) is 5.91 Å². The van der Waals surface area contributed by atoms with E-state index in [1.54, 1.807) is 13.2 Å². The standard InChI is InChI=1S/C20H27N3O3/c1-15-13-22(14-16(2)23(15)10-7-11-25-3)20(24)18-12-19(26-21-18)17-8-5-4-6-9-17/h4-6,8-9,12,15-16H,7,10-11,13-14H2,1-3H3. The molecule has 0 radical (unpaired) electrons. The largest absolute Gasteiger partial charge is 0.385 e. The Morgan fingerprint density at radius 1 is 1.23 bits per heavy atom. The van der Waals surface area contributed by atoms with Crippen molar-refractivity contribution in [2.24, 2.45) is 0 Å². The van der Waals surface area contributed by atoms with E-state index in [1.165, 1.54) is 0 Å². The van der Waals surface area contributed by atoms with E-state index in [0.29, 0.717) is 36.6 Å². The molecule has 3 rings (SSSR count). The van der Waals surface area contributed by atoms with E-state index in [0.717, 1.165) is 25.1 Å². The summed E-state index contributed by atoms with van der Waals surface area (Å²) in [4.78, 5) is 17.2. The van der Waals surface area contributed by atoms with Crippen LogP contribution in [-0.4, -0.2) is 66.3 Å². The number of ether oxygens (including phenoxy) is 1. The van der Waals surface area contributed by atoms with Gasteiger partial charge in [-0.3, -0.25) is 9.69 Å². The third-order valence-electron chi connectivity index (χ3n) is 4.94. The lowest BCUT2D eigenvalue weighted by Gasteiger charge is -2.44. The number of hydrogen-bond donors (Lipinski definition) is 0. The molecule has 1 aliphatic rings. The summed E-state index contributed by atoms with van der Waals surface area (Å²) in [7, 11) is 1.73. The van der Waals surface area contributed by atoms with E-state index < -0.39 is 0 Å². The predicted octanol–water partition coefficient (Wildman–Crippen LogP) is 2.91. The summed E-state index contributed by atoms with van der Waals surface area (Å²) in [5.74, 6) is 0.555. The topological polar surface area (TPSA) is 58.8 Å². The highest BCUT2D eigenvalue weighted by Gasteiger charge is 2.32. The molecule has 2 unspecified atom stereocenters. The van der Waals surface area contributed by atoms with E-state index in [4.69, 9.17) is 9.26 Å². The highest BCUT2D eigenvalue weighted by Crippen LogP contribution is 2.22. The van der Waals surface area contributed by atoms with Gasteiger partial charge in [0.2, 0.25) is 0 Å². The summed E-state index contributed by atoms with van der Waals surface area (Å²) in [6, 6.07) is 12.0. The Bertz CT molecular complexity index is 704. The third kappa shape index (κ3) is 4.14. The van der Waals surface area contributed by atoms with Crippen molar-refractivity contribution in [2.75, 3.05) is 33.4 Å². The first kappa shape index (κ1) is 18.6. The minimum atomic E-state index is -0.0637. The summed E-state index contributed by atoms with van der Waals surface area (Å²) in [6.45, 7) is 7.48. The Morgan fingerprint density at radius 3 is 2.58 bits per heavy atom. The summed E-state index contributed by atoms with van der Waals surface area (Å²) >= 11 is 0. The monoisotopic (exact) mass is 357 g/mol. The molecule has 1 fully saturated rings. The second-order valence-corrected chi connectivity index (χ2v) is 6.93. The first-order valence-corrected chi connectivity index (χ1v) is 9.16. The van der Waals surface area contributed by atoms with Crippen LogP contribution in [0.1, 0.15) is 30.8 Å². The van der Waals surface area contributed by atoms with Gasteiger partial charge in [0.15, 0.2) is 11.5 Å². The molecule has 0 bridgehead atoms. The number of methoxy groups -OCH3 is 1. The molecular formula is C20H27N3O3. The normalized spacial score (nSPS) is 21.1. The molecule has 0 N–H and O–H groups in total. The Hall–Kier alpha value is -2.18. The Labute approximate surface area is 154 Å². The second kappa shape index (κ2) is 8.47. The lowest BCUT2D eigenvalue weighted by molar-refractivity contribution is 0.0264. The molecule has 1 aromatic heterocycles. The summed E-state index contributed by atoms with van der Waals surface area (Å²) in [5, 5.41) is 4.00. The van der Waals surface area contributed by atoms with Gasteiger partial charge in [0, 0.05) is 57.1 Å². The van der Waals surface area contributed by atoms with E-state index in [1.807, 2.05) is 35.2 Å². The molecule has 1 amide bonds. The number of hydrogen-bond acceptors (Lipinski definition) is 5. The molecule has 2 heterocycles. The van der Waals surface area contributed by atoms with Crippen molar-refractivity contribution in [3.63, 3.8) is 0 Å². The van der Waals surface area contributed by atoms with Crippen molar-refractivity contribution in [1.82, 2.24) is 15.0 Å². The van der Waals surface area contributed by atoms with Gasteiger partial charge in [-0.2, -0.15) is 0 Å². The quantitative estimate of drug-likeness (QED) is 0.744. The van der Waals surface area contributed by atoms with E-state index in [2.05, 4.69) is 23.9 Å². The first-order valence-electron chi connectivity index (χ1n) is 9.16. The van der Waals surface area contributed by atoms with Crippen molar-refractivity contribution in [1.29, 1.82) is 0 Å². The zero-order valence-electron chi connectivity index (χ0n) is 15.7.